The van der Waals surface area contributed by atoms with Crippen molar-refractivity contribution in [1.82, 2.24) is 10.9 Å². The zero-order valence-electron chi connectivity index (χ0n) is 11.3. The predicted octanol–water partition coefficient (Wildman–Crippen LogP) is 4.06. The number of aliphatic imine (C=N–C) groups is 1. The fourth-order valence-electron chi connectivity index (χ4n) is 1.93. The highest BCUT2D eigenvalue weighted by Gasteiger charge is 2.14. The molecule has 112 valence electrons. The summed E-state index contributed by atoms with van der Waals surface area (Å²) < 4.78 is 0. The standard InChI is InChI=1S/C15H11Cl2N3OS/c16-9-5-6-10(11(17)7-9)15(21)20-19-14-8-22-13-4-2-1-3-12(13)18-14/h1-7H,8H2,(H,18,19)(H,20,21). The quantitative estimate of drug-likeness (QED) is 0.761. The molecule has 1 amide bonds. The predicted molar refractivity (Wildman–Crippen MR) is 91.3 cm³/mol. The third-order valence-corrected chi connectivity index (χ3v) is 4.60. The number of nitrogens with zero attached hydrogens (tertiary/aromatic N) is 1. The highest BCUT2D eigenvalue weighted by Crippen LogP contribution is 2.32. The SMILES string of the molecule is O=C(NNC1=Nc2ccccc2SC1)c1ccc(Cl)cc1Cl. The van der Waals surface area contributed by atoms with Gasteiger partial charge in [0.1, 0.15) is 5.84 Å². The molecule has 0 spiro atoms. The molecule has 0 radical (unpaired) electrons. The minimum atomic E-state index is -0.340. The van der Waals surface area contributed by atoms with E-state index in [-0.39, 0.29) is 5.91 Å². The summed E-state index contributed by atoms with van der Waals surface area (Å²) in [6.07, 6.45) is 0. The number of halogens is 2. The van der Waals surface area contributed by atoms with E-state index in [0.717, 1.165) is 10.6 Å². The van der Waals surface area contributed by atoms with Crippen molar-refractivity contribution in [1.29, 1.82) is 0 Å². The number of para-hydroxylation sites is 1. The highest BCUT2D eigenvalue weighted by molar-refractivity contribution is 8.00. The molecule has 3 rings (SSSR count). The molecule has 22 heavy (non-hydrogen) atoms. The summed E-state index contributed by atoms with van der Waals surface area (Å²) in [4.78, 5) is 17.7. The second-order valence-electron chi connectivity index (χ2n) is 4.52. The number of hydrogen-bond donors (Lipinski definition) is 2. The van der Waals surface area contributed by atoms with E-state index in [2.05, 4.69) is 15.8 Å². The number of rotatable bonds is 1. The third-order valence-electron chi connectivity index (χ3n) is 2.98. The lowest BCUT2D eigenvalue weighted by molar-refractivity contribution is 0.0944. The fourth-order valence-corrected chi connectivity index (χ4v) is 3.29. The first-order valence-electron chi connectivity index (χ1n) is 6.44. The van der Waals surface area contributed by atoms with Crippen molar-refractivity contribution < 1.29 is 4.79 Å². The Hall–Kier alpha value is -1.69. The topological polar surface area (TPSA) is 53.5 Å². The van der Waals surface area contributed by atoms with E-state index >= 15 is 0 Å². The Bertz CT molecular complexity index is 764. The van der Waals surface area contributed by atoms with E-state index in [1.165, 1.54) is 6.07 Å². The second-order valence-corrected chi connectivity index (χ2v) is 6.38. The zero-order valence-corrected chi connectivity index (χ0v) is 13.6. The normalized spacial score (nSPS) is 13.1. The van der Waals surface area contributed by atoms with Crippen LogP contribution in [-0.2, 0) is 0 Å². The number of benzene rings is 2. The maximum Gasteiger partial charge on any atom is 0.271 e. The summed E-state index contributed by atoms with van der Waals surface area (Å²) in [6.45, 7) is 0. The van der Waals surface area contributed by atoms with Crippen molar-refractivity contribution in [2.75, 3.05) is 5.75 Å². The molecule has 1 aliphatic heterocycles. The monoisotopic (exact) mass is 351 g/mol. The molecule has 0 aliphatic carbocycles. The highest BCUT2D eigenvalue weighted by atomic mass is 35.5. The third kappa shape index (κ3) is 3.38. The lowest BCUT2D eigenvalue weighted by Gasteiger charge is -2.16. The Morgan fingerprint density at radius 3 is 2.82 bits per heavy atom. The van der Waals surface area contributed by atoms with Gasteiger partial charge in [0.05, 0.1) is 22.0 Å². The Morgan fingerprint density at radius 2 is 2.00 bits per heavy atom. The van der Waals surface area contributed by atoms with E-state index in [9.17, 15) is 4.79 Å². The van der Waals surface area contributed by atoms with Crippen LogP contribution in [0.4, 0.5) is 5.69 Å². The molecule has 1 aliphatic rings. The maximum atomic E-state index is 12.1. The number of hydrazine groups is 1. The second kappa shape index (κ2) is 6.60. The first kappa shape index (κ1) is 15.2. The molecule has 0 unspecified atom stereocenters. The molecule has 7 heteroatoms. The smallest absolute Gasteiger partial charge is 0.271 e. The van der Waals surface area contributed by atoms with Crippen LogP contribution in [-0.4, -0.2) is 17.5 Å². The van der Waals surface area contributed by atoms with Crippen molar-refractivity contribution in [2.24, 2.45) is 4.99 Å². The molecule has 0 aromatic heterocycles. The van der Waals surface area contributed by atoms with Gasteiger partial charge in [0, 0.05) is 9.92 Å². The fraction of sp³-hybridized carbons (Fsp3) is 0.0667. The van der Waals surface area contributed by atoms with Gasteiger partial charge in [0.25, 0.3) is 5.91 Å². The number of amides is 1. The molecule has 2 aromatic carbocycles. The average Bonchev–Trinajstić information content (AvgIpc) is 2.52. The van der Waals surface area contributed by atoms with Crippen molar-refractivity contribution >= 4 is 52.4 Å². The van der Waals surface area contributed by atoms with Gasteiger partial charge in [-0.2, -0.15) is 0 Å². The molecule has 4 nitrogen and oxygen atoms in total. The maximum absolute atomic E-state index is 12.1. The molecular weight excluding hydrogens is 341 g/mol. The van der Waals surface area contributed by atoms with Crippen LogP contribution >= 0.6 is 35.0 Å². The number of fused-ring (bicyclic) bond motifs is 1. The molecular formula is C15H11Cl2N3OS. The van der Waals surface area contributed by atoms with Crippen LogP contribution in [0.15, 0.2) is 52.4 Å². The van der Waals surface area contributed by atoms with Gasteiger partial charge in [-0.25, -0.2) is 4.99 Å². The molecule has 0 fully saturated rings. The van der Waals surface area contributed by atoms with Crippen LogP contribution in [0.2, 0.25) is 10.0 Å². The van der Waals surface area contributed by atoms with E-state index in [1.807, 2.05) is 24.3 Å². The molecule has 2 N–H and O–H groups in total. The summed E-state index contributed by atoms with van der Waals surface area (Å²) in [6, 6.07) is 12.6. The molecule has 0 atom stereocenters. The Balaban J connectivity index is 1.68. The van der Waals surface area contributed by atoms with Crippen molar-refractivity contribution in [3.05, 3.63) is 58.1 Å². The largest absolute Gasteiger partial charge is 0.284 e. The van der Waals surface area contributed by atoms with Crippen LogP contribution in [0, 0.1) is 0 Å². The van der Waals surface area contributed by atoms with Crippen molar-refractivity contribution in [3.63, 3.8) is 0 Å². The van der Waals surface area contributed by atoms with Gasteiger partial charge in [-0.1, -0.05) is 35.3 Å². The van der Waals surface area contributed by atoms with Gasteiger partial charge < -0.3 is 0 Å². The minimum absolute atomic E-state index is 0.303. The van der Waals surface area contributed by atoms with Crippen LogP contribution < -0.4 is 10.9 Å². The zero-order chi connectivity index (χ0) is 15.5. The molecule has 1 heterocycles. The number of thioether (sulfide) groups is 1. The van der Waals surface area contributed by atoms with E-state index in [0.29, 0.717) is 27.2 Å². The average molecular weight is 352 g/mol. The summed E-state index contributed by atoms with van der Waals surface area (Å²) in [5.74, 6) is 1.00. The van der Waals surface area contributed by atoms with Gasteiger partial charge in [-0.05, 0) is 30.3 Å². The first-order chi connectivity index (χ1) is 10.6. The number of nitrogens with one attached hydrogen (secondary N) is 2. The van der Waals surface area contributed by atoms with Crippen LogP contribution in [0.1, 0.15) is 10.4 Å². The number of carbonyl (C=O) groups excluding carboxylic acids is 1. The molecule has 0 bridgehead atoms. The van der Waals surface area contributed by atoms with Gasteiger partial charge in [0.15, 0.2) is 0 Å². The van der Waals surface area contributed by atoms with Crippen molar-refractivity contribution in [3.8, 4) is 0 Å². The van der Waals surface area contributed by atoms with Gasteiger partial charge >= 0.3 is 0 Å². The first-order valence-corrected chi connectivity index (χ1v) is 8.18. The van der Waals surface area contributed by atoms with E-state index in [4.69, 9.17) is 23.2 Å². The van der Waals surface area contributed by atoms with Crippen LogP contribution in [0.25, 0.3) is 0 Å². The summed E-state index contributed by atoms with van der Waals surface area (Å²) in [5.41, 5.74) is 6.68. The summed E-state index contributed by atoms with van der Waals surface area (Å²) in [5, 5.41) is 0.788. The van der Waals surface area contributed by atoms with Crippen LogP contribution in [0.5, 0.6) is 0 Å². The van der Waals surface area contributed by atoms with Gasteiger partial charge in [-0.3, -0.25) is 15.6 Å². The Kier molecular flexibility index (Phi) is 4.57. The van der Waals surface area contributed by atoms with Crippen LogP contribution in [0.3, 0.4) is 0 Å². The van der Waals surface area contributed by atoms with Gasteiger partial charge in [-0.15, -0.1) is 11.8 Å². The van der Waals surface area contributed by atoms with E-state index in [1.54, 1.807) is 23.9 Å². The minimum Gasteiger partial charge on any atom is -0.284 e. The number of carbonyl (C=O) groups is 1. The van der Waals surface area contributed by atoms with Crippen molar-refractivity contribution in [2.45, 2.75) is 4.90 Å². The molecule has 0 saturated carbocycles. The summed E-state index contributed by atoms with van der Waals surface area (Å²) in [7, 11) is 0. The number of amidine groups is 1. The number of hydrogen-bond acceptors (Lipinski definition) is 4. The van der Waals surface area contributed by atoms with E-state index < -0.39 is 0 Å². The van der Waals surface area contributed by atoms with Gasteiger partial charge in [0.2, 0.25) is 0 Å². The lowest BCUT2D eigenvalue weighted by Crippen LogP contribution is -2.43. The summed E-state index contributed by atoms with van der Waals surface area (Å²) >= 11 is 13.5. The Morgan fingerprint density at radius 1 is 1.18 bits per heavy atom. The molecule has 0 saturated heterocycles. The molecule has 2 aromatic rings. The Labute approximate surface area is 141 Å². The lowest BCUT2D eigenvalue weighted by atomic mass is 10.2.